The van der Waals surface area contributed by atoms with E-state index in [2.05, 4.69) is 32.9 Å². The lowest BCUT2D eigenvalue weighted by atomic mass is 10.1. The lowest BCUT2D eigenvalue weighted by Crippen LogP contribution is -2.21. The minimum absolute atomic E-state index is 0.370. The Labute approximate surface area is 124 Å². The molecule has 94 valence electrons. The second-order valence-corrected chi connectivity index (χ2v) is 4.95. The Hall–Kier alpha value is -1.94. The van der Waals surface area contributed by atoms with Gasteiger partial charge in [-0.25, -0.2) is 0 Å². The number of aromatic nitrogens is 1. The molecule has 1 heterocycles. The van der Waals surface area contributed by atoms with Gasteiger partial charge in [-0.15, -0.1) is 0 Å². The molecule has 0 bridgehead atoms. The Morgan fingerprint density at radius 1 is 1.26 bits per heavy atom. The predicted octanol–water partition coefficient (Wildman–Crippen LogP) is 2.93. The molecule has 1 atom stereocenters. The van der Waals surface area contributed by atoms with Crippen molar-refractivity contribution in [3.8, 4) is 6.07 Å². The summed E-state index contributed by atoms with van der Waals surface area (Å²) in [6, 6.07) is 14.6. The highest BCUT2D eigenvalue weighted by atomic mass is 127. The number of carbonyl (C=O) groups is 1. The molecular weight excluding hydrogens is 353 g/mol. The second kappa shape index (κ2) is 6.29. The quantitative estimate of drug-likeness (QED) is 0.853. The molecule has 0 saturated heterocycles. The van der Waals surface area contributed by atoms with Crippen molar-refractivity contribution in [3.05, 3.63) is 57.9 Å². The van der Waals surface area contributed by atoms with E-state index in [-0.39, 0.29) is 5.91 Å². The van der Waals surface area contributed by atoms with Crippen molar-refractivity contribution < 1.29 is 4.79 Å². The van der Waals surface area contributed by atoms with Crippen LogP contribution in [-0.2, 0) is 4.79 Å². The van der Waals surface area contributed by atoms with E-state index in [1.807, 2.05) is 24.3 Å². The summed E-state index contributed by atoms with van der Waals surface area (Å²) in [6.45, 7) is 0. The van der Waals surface area contributed by atoms with E-state index in [0.29, 0.717) is 11.4 Å². The lowest BCUT2D eigenvalue weighted by molar-refractivity contribution is -0.116. The van der Waals surface area contributed by atoms with Gasteiger partial charge in [-0.2, -0.15) is 5.26 Å². The van der Waals surface area contributed by atoms with E-state index in [0.717, 1.165) is 3.57 Å². The number of rotatable bonds is 3. The number of halogens is 1. The molecule has 1 N–H and O–H groups in total. The highest BCUT2D eigenvalue weighted by Gasteiger charge is 2.21. The van der Waals surface area contributed by atoms with Crippen LogP contribution in [0, 0.1) is 14.9 Å². The Bertz CT molecular complexity index is 622. The summed E-state index contributed by atoms with van der Waals surface area (Å²) in [5, 5.41) is 11.9. The summed E-state index contributed by atoms with van der Waals surface area (Å²) in [5.41, 5.74) is 1.15. The van der Waals surface area contributed by atoms with Crippen LogP contribution in [0.15, 0.2) is 48.7 Å². The first-order valence-electron chi connectivity index (χ1n) is 5.58. The number of hydrogen-bond donors (Lipinski definition) is 1. The average Bonchev–Trinajstić information content (AvgIpc) is 2.43. The third kappa shape index (κ3) is 3.29. The van der Waals surface area contributed by atoms with Gasteiger partial charge >= 0.3 is 0 Å². The molecule has 0 aliphatic rings. The summed E-state index contributed by atoms with van der Waals surface area (Å²) in [7, 11) is 0. The first kappa shape index (κ1) is 13.5. The van der Waals surface area contributed by atoms with E-state index in [1.165, 1.54) is 0 Å². The number of anilines is 1. The van der Waals surface area contributed by atoms with Crippen molar-refractivity contribution in [2.24, 2.45) is 0 Å². The number of para-hydroxylation sites is 1. The monoisotopic (exact) mass is 363 g/mol. The van der Waals surface area contributed by atoms with Gasteiger partial charge < -0.3 is 5.32 Å². The Kier molecular flexibility index (Phi) is 4.47. The number of hydrogen-bond acceptors (Lipinski definition) is 3. The first-order chi connectivity index (χ1) is 9.22. The molecule has 1 aromatic heterocycles. The van der Waals surface area contributed by atoms with Gasteiger partial charge in [0, 0.05) is 9.77 Å². The van der Waals surface area contributed by atoms with Crippen molar-refractivity contribution in [1.29, 1.82) is 5.26 Å². The Balaban J connectivity index is 2.20. The standard InChI is InChI=1S/C14H10IN3O/c15-11-5-1-2-7-13(11)18-14(19)10(9-16)12-6-3-4-8-17-12/h1-8,10H,(H,18,19)/t10-/m0/s1. The maximum absolute atomic E-state index is 12.1. The van der Waals surface area contributed by atoms with Gasteiger partial charge in [0.15, 0.2) is 5.92 Å². The van der Waals surface area contributed by atoms with Crippen LogP contribution in [-0.4, -0.2) is 10.9 Å². The van der Waals surface area contributed by atoms with Crippen LogP contribution in [0.1, 0.15) is 11.6 Å². The summed E-state index contributed by atoms with van der Waals surface area (Å²) in [4.78, 5) is 16.2. The van der Waals surface area contributed by atoms with E-state index >= 15 is 0 Å². The maximum Gasteiger partial charge on any atom is 0.247 e. The number of nitrogens with one attached hydrogen (secondary N) is 1. The van der Waals surface area contributed by atoms with Crippen LogP contribution in [0.4, 0.5) is 5.69 Å². The number of pyridine rings is 1. The molecule has 0 unspecified atom stereocenters. The van der Waals surface area contributed by atoms with E-state index in [1.54, 1.807) is 30.5 Å². The molecule has 2 rings (SSSR count). The summed E-state index contributed by atoms with van der Waals surface area (Å²) < 4.78 is 0.922. The minimum Gasteiger partial charge on any atom is -0.324 e. The van der Waals surface area contributed by atoms with Crippen molar-refractivity contribution in [1.82, 2.24) is 4.98 Å². The minimum atomic E-state index is -0.905. The highest BCUT2D eigenvalue weighted by Crippen LogP contribution is 2.20. The molecule has 2 aromatic rings. The molecule has 0 spiro atoms. The predicted molar refractivity (Wildman–Crippen MR) is 80.4 cm³/mol. The molecule has 1 aromatic carbocycles. The van der Waals surface area contributed by atoms with Crippen molar-refractivity contribution in [2.75, 3.05) is 5.32 Å². The van der Waals surface area contributed by atoms with Crippen LogP contribution in [0.5, 0.6) is 0 Å². The molecule has 5 heteroatoms. The van der Waals surface area contributed by atoms with Gasteiger partial charge in [-0.05, 0) is 46.9 Å². The fraction of sp³-hybridized carbons (Fsp3) is 0.0714. The largest absolute Gasteiger partial charge is 0.324 e. The lowest BCUT2D eigenvalue weighted by Gasteiger charge is -2.10. The number of amides is 1. The molecule has 0 saturated carbocycles. The van der Waals surface area contributed by atoms with Crippen LogP contribution < -0.4 is 5.32 Å². The molecule has 1 amide bonds. The summed E-state index contributed by atoms with van der Waals surface area (Å²) in [6.07, 6.45) is 1.57. The van der Waals surface area contributed by atoms with E-state index in [4.69, 9.17) is 5.26 Å². The average molecular weight is 363 g/mol. The van der Waals surface area contributed by atoms with Gasteiger partial charge in [0.1, 0.15) is 0 Å². The zero-order chi connectivity index (χ0) is 13.7. The number of benzene rings is 1. The van der Waals surface area contributed by atoms with E-state index in [9.17, 15) is 4.79 Å². The highest BCUT2D eigenvalue weighted by molar-refractivity contribution is 14.1. The Morgan fingerprint density at radius 2 is 2.00 bits per heavy atom. The molecular formula is C14H10IN3O. The molecule has 19 heavy (non-hydrogen) atoms. The smallest absolute Gasteiger partial charge is 0.247 e. The van der Waals surface area contributed by atoms with Crippen LogP contribution >= 0.6 is 22.6 Å². The number of nitriles is 1. The molecule has 4 nitrogen and oxygen atoms in total. The Morgan fingerprint density at radius 3 is 2.63 bits per heavy atom. The zero-order valence-electron chi connectivity index (χ0n) is 9.88. The normalized spacial score (nSPS) is 11.4. The van der Waals surface area contributed by atoms with Crippen molar-refractivity contribution in [3.63, 3.8) is 0 Å². The first-order valence-corrected chi connectivity index (χ1v) is 6.66. The SMILES string of the molecule is N#C[C@H](C(=O)Nc1ccccc1I)c1ccccn1. The maximum atomic E-state index is 12.1. The van der Waals surface area contributed by atoms with Crippen LogP contribution in [0.2, 0.25) is 0 Å². The second-order valence-electron chi connectivity index (χ2n) is 3.79. The topological polar surface area (TPSA) is 65.8 Å². The van der Waals surface area contributed by atoms with Gasteiger partial charge in [0.05, 0.1) is 17.5 Å². The molecule has 0 radical (unpaired) electrons. The fourth-order valence-electron chi connectivity index (χ4n) is 1.57. The van der Waals surface area contributed by atoms with Crippen LogP contribution in [0.25, 0.3) is 0 Å². The molecule has 0 fully saturated rings. The fourth-order valence-corrected chi connectivity index (χ4v) is 2.10. The van der Waals surface area contributed by atoms with Crippen molar-refractivity contribution in [2.45, 2.75) is 5.92 Å². The van der Waals surface area contributed by atoms with Crippen molar-refractivity contribution >= 4 is 34.2 Å². The summed E-state index contributed by atoms with van der Waals surface area (Å²) in [5.74, 6) is -1.28. The zero-order valence-corrected chi connectivity index (χ0v) is 12.0. The third-order valence-corrected chi connectivity index (χ3v) is 3.45. The number of nitrogens with zero attached hydrogens (tertiary/aromatic N) is 2. The molecule has 0 aliphatic carbocycles. The van der Waals surface area contributed by atoms with E-state index < -0.39 is 5.92 Å². The van der Waals surface area contributed by atoms with Gasteiger partial charge in [-0.1, -0.05) is 18.2 Å². The molecule has 0 aliphatic heterocycles. The third-order valence-electron chi connectivity index (χ3n) is 2.51. The summed E-state index contributed by atoms with van der Waals surface area (Å²) >= 11 is 2.13. The number of carbonyl (C=O) groups excluding carboxylic acids is 1. The van der Waals surface area contributed by atoms with Gasteiger partial charge in [0.2, 0.25) is 5.91 Å². The van der Waals surface area contributed by atoms with Crippen LogP contribution in [0.3, 0.4) is 0 Å². The van der Waals surface area contributed by atoms with Gasteiger partial charge in [-0.3, -0.25) is 9.78 Å². The van der Waals surface area contributed by atoms with Gasteiger partial charge in [0.25, 0.3) is 0 Å².